The number of hydrogen-bond donors (Lipinski definition) is 3. The highest BCUT2D eigenvalue weighted by Crippen LogP contribution is 2.13. The van der Waals surface area contributed by atoms with Crippen LogP contribution in [-0.2, 0) is 4.79 Å². The van der Waals surface area contributed by atoms with E-state index in [9.17, 15) is 9.59 Å². The zero-order valence-electron chi connectivity index (χ0n) is 10.5. The number of amides is 2. The van der Waals surface area contributed by atoms with Crippen LogP contribution in [0.25, 0.3) is 0 Å². The molecule has 1 aliphatic rings. The number of carbonyl (C=O) groups is 2. The molecule has 1 aliphatic heterocycles. The fourth-order valence-corrected chi connectivity index (χ4v) is 1.57. The van der Waals surface area contributed by atoms with E-state index >= 15 is 0 Å². The summed E-state index contributed by atoms with van der Waals surface area (Å²) in [5.74, 6) is -0.921. The van der Waals surface area contributed by atoms with Crippen LogP contribution in [0.1, 0.15) is 33.1 Å². The topological polar surface area (TPSA) is 81.7 Å². The van der Waals surface area contributed by atoms with Gasteiger partial charge in [0.25, 0.3) is 0 Å². The molecule has 0 bridgehead atoms. The number of carboxylic acid groups (broad SMARTS) is 1. The highest BCUT2D eigenvalue weighted by atomic mass is 16.4. The Bertz CT molecular complexity index is 286. The van der Waals surface area contributed by atoms with Crippen molar-refractivity contribution in [1.82, 2.24) is 15.8 Å². The smallest absolute Gasteiger partial charge is 0.329 e. The molecular formula is C11H21N3O3. The number of carboxylic acids is 1. The van der Waals surface area contributed by atoms with Gasteiger partial charge in [-0.3, -0.25) is 10.2 Å². The number of carbonyl (C=O) groups excluding carboxylic acids is 1. The molecule has 0 saturated carbocycles. The summed E-state index contributed by atoms with van der Waals surface area (Å²) in [6.07, 6.45) is 3.37. The van der Waals surface area contributed by atoms with Crippen molar-refractivity contribution in [3.63, 3.8) is 0 Å². The van der Waals surface area contributed by atoms with Gasteiger partial charge in [-0.2, -0.15) is 0 Å². The van der Waals surface area contributed by atoms with Crippen molar-refractivity contribution in [2.24, 2.45) is 5.41 Å². The lowest BCUT2D eigenvalue weighted by molar-refractivity contribution is -0.146. The summed E-state index contributed by atoms with van der Waals surface area (Å²) in [5.41, 5.74) is 1.78. The first-order valence-electron chi connectivity index (χ1n) is 5.95. The van der Waals surface area contributed by atoms with Gasteiger partial charge in [-0.15, -0.1) is 0 Å². The lowest BCUT2D eigenvalue weighted by Crippen LogP contribution is -2.51. The van der Waals surface area contributed by atoms with E-state index in [0.717, 1.165) is 25.9 Å². The van der Waals surface area contributed by atoms with Gasteiger partial charge in [-0.05, 0) is 26.7 Å². The number of urea groups is 1. The standard InChI is InChI=1S/C11H21N3O3/c1-11(2,9(15)16)8-12-10(17)13-14-6-4-3-5-7-14/h3-8H2,1-2H3,(H,15,16)(H2,12,13,17). The van der Waals surface area contributed by atoms with Crippen LogP contribution in [0, 0.1) is 5.41 Å². The SMILES string of the molecule is CC(C)(CNC(=O)NN1CCCCC1)C(=O)O. The van der Waals surface area contributed by atoms with Gasteiger partial charge in [0.1, 0.15) is 0 Å². The molecule has 3 N–H and O–H groups in total. The minimum Gasteiger partial charge on any atom is -0.481 e. The van der Waals surface area contributed by atoms with Crippen LogP contribution >= 0.6 is 0 Å². The van der Waals surface area contributed by atoms with E-state index in [1.54, 1.807) is 13.8 Å². The van der Waals surface area contributed by atoms with E-state index in [1.807, 2.05) is 5.01 Å². The van der Waals surface area contributed by atoms with E-state index in [4.69, 9.17) is 5.11 Å². The average molecular weight is 243 g/mol. The van der Waals surface area contributed by atoms with Crippen molar-refractivity contribution in [3.8, 4) is 0 Å². The average Bonchev–Trinajstić information content (AvgIpc) is 2.28. The molecule has 1 heterocycles. The number of rotatable bonds is 4. The highest BCUT2D eigenvalue weighted by molar-refractivity contribution is 5.77. The monoisotopic (exact) mass is 243 g/mol. The lowest BCUT2D eigenvalue weighted by Gasteiger charge is -2.27. The van der Waals surface area contributed by atoms with Gasteiger partial charge < -0.3 is 10.4 Å². The Labute approximate surface area is 101 Å². The summed E-state index contributed by atoms with van der Waals surface area (Å²) in [7, 11) is 0. The Balaban J connectivity index is 2.27. The highest BCUT2D eigenvalue weighted by Gasteiger charge is 2.27. The third-order valence-electron chi connectivity index (χ3n) is 2.89. The van der Waals surface area contributed by atoms with Crippen molar-refractivity contribution in [1.29, 1.82) is 0 Å². The number of piperidine rings is 1. The Morgan fingerprint density at radius 1 is 1.24 bits per heavy atom. The van der Waals surface area contributed by atoms with E-state index in [2.05, 4.69) is 10.7 Å². The predicted molar refractivity (Wildman–Crippen MR) is 63.4 cm³/mol. The number of hydrazine groups is 1. The van der Waals surface area contributed by atoms with Gasteiger partial charge >= 0.3 is 12.0 Å². The van der Waals surface area contributed by atoms with Crippen molar-refractivity contribution in [3.05, 3.63) is 0 Å². The van der Waals surface area contributed by atoms with Crippen molar-refractivity contribution in [2.45, 2.75) is 33.1 Å². The van der Waals surface area contributed by atoms with E-state index in [-0.39, 0.29) is 12.6 Å². The molecule has 0 aromatic carbocycles. The van der Waals surface area contributed by atoms with Crippen LogP contribution in [0.2, 0.25) is 0 Å². The maximum Gasteiger partial charge on any atom is 0.329 e. The molecule has 1 saturated heterocycles. The summed E-state index contributed by atoms with van der Waals surface area (Å²) in [5, 5.41) is 13.3. The second-order valence-corrected chi connectivity index (χ2v) is 5.03. The second-order valence-electron chi connectivity index (χ2n) is 5.03. The molecule has 0 radical (unpaired) electrons. The summed E-state index contributed by atoms with van der Waals surface area (Å²) in [6.45, 7) is 4.99. The molecule has 98 valence electrons. The molecular weight excluding hydrogens is 222 g/mol. The lowest BCUT2D eigenvalue weighted by atomic mass is 9.94. The Hall–Kier alpha value is -1.30. The predicted octanol–water partition coefficient (Wildman–Crippen LogP) is 0.797. The molecule has 1 rings (SSSR count). The van der Waals surface area contributed by atoms with Crippen LogP contribution in [-0.4, -0.2) is 41.8 Å². The number of aliphatic carboxylic acids is 1. The van der Waals surface area contributed by atoms with Crippen LogP contribution < -0.4 is 10.7 Å². The fourth-order valence-electron chi connectivity index (χ4n) is 1.57. The van der Waals surface area contributed by atoms with Crippen LogP contribution in [0.4, 0.5) is 4.79 Å². The normalized spacial score (nSPS) is 17.5. The minimum atomic E-state index is -0.945. The molecule has 6 nitrogen and oxygen atoms in total. The number of nitrogens with zero attached hydrogens (tertiary/aromatic N) is 1. The molecule has 2 amide bonds. The molecule has 0 aromatic rings. The van der Waals surface area contributed by atoms with Gasteiger partial charge in [0.15, 0.2) is 0 Å². The van der Waals surface area contributed by atoms with Crippen LogP contribution in [0.15, 0.2) is 0 Å². The molecule has 0 unspecified atom stereocenters. The molecule has 0 atom stereocenters. The van der Waals surface area contributed by atoms with Crippen molar-refractivity contribution in [2.75, 3.05) is 19.6 Å². The maximum atomic E-state index is 11.5. The second kappa shape index (κ2) is 5.86. The minimum absolute atomic E-state index is 0.113. The van der Waals surface area contributed by atoms with Crippen LogP contribution in [0.3, 0.4) is 0 Å². The van der Waals surface area contributed by atoms with Gasteiger partial charge in [0.2, 0.25) is 0 Å². The zero-order chi connectivity index (χ0) is 12.9. The summed E-state index contributed by atoms with van der Waals surface area (Å²) in [4.78, 5) is 22.4. The third-order valence-corrected chi connectivity index (χ3v) is 2.89. The molecule has 0 aromatic heterocycles. The quantitative estimate of drug-likeness (QED) is 0.682. The third kappa shape index (κ3) is 4.60. The maximum absolute atomic E-state index is 11.5. The Kier molecular flexibility index (Phi) is 4.74. The fraction of sp³-hybridized carbons (Fsp3) is 0.818. The first kappa shape index (κ1) is 13.8. The summed E-state index contributed by atoms with van der Waals surface area (Å²) in [6, 6.07) is -0.332. The first-order chi connectivity index (χ1) is 7.92. The number of nitrogens with one attached hydrogen (secondary N) is 2. The molecule has 17 heavy (non-hydrogen) atoms. The van der Waals surface area contributed by atoms with Crippen molar-refractivity contribution >= 4 is 12.0 Å². The van der Waals surface area contributed by atoms with Gasteiger partial charge in [-0.25, -0.2) is 9.80 Å². The van der Waals surface area contributed by atoms with E-state index in [1.165, 1.54) is 6.42 Å². The molecule has 6 heteroatoms. The summed E-state index contributed by atoms with van der Waals surface area (Å²) < 4.78 is 0. The van der Waals surface area contributed by atoms with Crippen molar-refractivity contribution < 1.29 is 14.7 Å². The molecule has 0 spiro atoms. The zero-order valence-corrected chi connectivity index (χ0v) is 10.5. The van der Waals surface area contributed by atoms with Gasteiger partial charge in [0, 0.05) is 19.6 Å². The van der Waals surface area contributed by atoms with E-state index in [0.29, 0.717) is 0 Å². The van der Waals surface area contributed by atoms with Gasteiger partial charge in [-0.1, -0.05) is 6.42 Å². The van der Waals surface area contributed by atoms with E-state index < -0.39 is 11.4 Å². The summed E-state index contributed by atoms with van der Waals surface area (Å²) >= 11 is 0. The molecule has 0 aliphatic carbocycles. The van der Waals surface area contributed by atoms with Crippen LogP contribution in [0.5, 0.6) is 0 Å². The first-order valence-corrected chi connectivity index (χ1v) is 5.95. The number of hydrogen-bond acceptors (Lipinski definition) is 3. The molecule has 1 fully saturated rings. The largest absolute Gasteiger partial charge is 0.481 e. The Morgan fingerprint density at radius 2 is 1.82 bits per heavy atom. The Morgan fingerprint density at radius 3 is 2.35 bits per heavy atom. The van der Waals surface area contributed by atoms with Gasteiger partial charge in [0.05, 0.1) is 5.41 Å².